The maximum absolute atomic E-state index is 13.4. The molecule has 1 saturated carbocycles. The minimum atomic E-state index is -0.223. The Morgan fingerprint density at radius 2 is 1.60 bits per heavy atom. The average Bonchev–Trinajstić information content (AvgIpc) is 3.38. The van der Waals surface area contributed by atoms with Gasteiger partial charge in [0.15, 0.2) is 0 Å². The Hall–Kier alpha value is -1.59. The lowest BCUT2D eigenvalue weighted by molar-refractivity contribution is 0.208. The molecule has 0 saturated heterocycles. The Kier molecular flexibility index (Phi) is 17.6. The van der Waals surface area contributed by atoms with Gasteiger partial charge in [-0.2, -0.15) is 0 Å². The smallest absolute Gasteiger partial charge is 0.146 e. The van der Waals surface area contributed by atoms with Crippen LogP contribution in [0.3, 0.4) is 0 Å². The van der Waals surface area contributed by atoms with E-state index >= 15 is 0 Å². The summed E-state index contributed by atoms with van der Waals surface area (Å²) < 4.78 is 19.3. The molecule has 202 valence electrons. The Morgan fingerprint density at radius 3 is 2.26 bits per heavy atom. The molecule has 0 amide bonds. The zero-order valence-electron chi connectivity index (χ0n) is 23.3. The van der Waals surface area contributed by atoms with Crippen LogP contribution in [-0.2, 0) is 0 Å². The van der Waals surface area contributed by atoms with E-state index in [1.807, 2.05) is 6.92 Å². The van der Waals surface area contributed by atoms with E-state index in [0.717, 1.165) is 37.8 Å². The second-order valence-corrected chi connectivity index (χ2v) is 9.91. The SMILES string of the molecule is CCCCCCCCNCC1=C(C)CCCC1.CNc1cc(OC2CCCC2)c(C)cc1F.CO. The Bertz CT molecular complexity index is 715. The van der Waals surface area contributed by atoms with Crippen LogP contribution < -0.4 is 15.4 Å². The maximum Gasteiger partial charge on any atom is 0.146 e. The quantitative estimate of drug-likeness (QED) is 0.205. The van der Waals surface area contributed by atoms with Crippen LogP contribution in [0.25, 0.3) is 0 Å². The van der Waals surface area contributed by atoms with Gasteiger partial charge in [0.25, 0.3) is 0 Å². The largest absolute Gasteiger partial charge is 0.490 e. The van der Waals surface area contributed by atoms with Crippen molar-refractivity contribution in [1.82, 2.24) is 5.32 Å². The molecule has 1 fully saturated rings. The number of hydrogen-bond acceptors (Lipinski definition) is 4. The monoisotopic (exact) mass is 492 g/mol. The van der Waals surface area contributed by atoms with Crippen molar-refractivity contribution in [2.75, 3.05) is 32.6 Å². The first-order valence-electron chi connectivity index (χ1n) is 14.0. The summed E-state index contributed by atoms with van der Waals surface area (Å²) in [6.07, 6.45) is 18.9. The van der Waals surface area contributed by atoms with Gasteiger partial charge < -0.3 is 20.5 Å². The zero-order valence-corrected chi connectivity index (χ0v) is 23.3. The molecule has 1 aromatic rings. The summed E-state index contributed by atoms with van der Waals surface area (Å²) >= 11 is 0. The first-order valence-corrected chi connectivity index (χ1v) is 14.0. The highest BCUT2D eigenvalue weighted by atomic mass is 19.1. The van der Waals surface area contributed by atoms with Crippen LogP contribution in [0.1, 0.15) is 109 Å². The second kappa shape index (κ2) is 19.6. The first-order chi connectivity index (χ1) is 17.0. The fourth-order valence-electron chi connectivity index (χ4n) is 4.78. The molecule has 0 unspecified atom stereocenters. The molecule has 0 aliphatic heterocycles. The summed E-state index contributed by atoms with van der Waals surface area (Å²) in [5, 5.41) is 13.5. The molecular weight excluding hydrogens is 439 g/mol. The highest BCUT2D eigenvalue weighted by molar-refractivity contribution is 5.52. The summed E-state index contributed by atoms with van der Waals surface area (Å²) in [5.74, 6) is 0.580. The molecular formula is C30H53FN2O2. The van der Waals surface area contributed by atoms with E-state index in [4.69, 9.17) is 9.84 Å². The van der Waals surface area contributed by atoms with E-state index in [9.17, 15) is 4.39 Å². The van der Waals surface area contributed by atoms with Gasteiger partial charge in [0.1, 0.15) is 11.6 Å². The lowest BCUT2D eigenvalue weighted by Gasteiger charge is -2.18. The van der Waals surface area contributed by atoms with Crippen LogP contribution in [0.15, 0.2) is 23.3 Å². The third-order valence-corrected chi connectivity index (χ3v) is 7.06. The summed E-state index contributed by atoms with van der Waals surface area (Å²) in [4.78, 5) is 0. The van der Waals surface area contributed by atoms with E-state index in [-0.39, 0.29) is 5.82 Å². The molecule has 0 atom stereocenters. The van der Waals surface area contributed by atoms with Gasteiger partial charge >= 0.3 is 0 Å². The van der Waals surface area contributed by atoms with Crippen molar-refractivity contribution < 1.29 is 14.2 Å². The number of anilines is 1. The molecule has 1 aromatic carbocycles. The summed E-state index contributed by atoms with van der Waals surface area (Å²) in [6.45, 7) is 8.85. The van der Waals surface area contributed by atoms with Crippen molar-refractivity contribution in [3.8, 4) is 5.75 Å². The number of nitrogens with one attached hydrogen (secondary N) is 2. The maximum atomic E-state index is 13.4. The molecule has 3 rings (SSSR count). The molecule has 0 heterocycles. The lowest BCUT2D eigenvalue weighted by atomic mass is 9.93. The van der Waals surface area contributed by atoms with Crippen molar-refractivity contribution >= 4 is 5.69 Å². The number of hydrogen-bond donors (Lipinski definition) is 3. The van der Waals surface area contributed by atoms with Crippen LogP contribution >= 0.6 is 0 Å². The predicted molar refractivity (Wildman–Crippen MR) is 149 cm³/mol. The van der Waals surface area contributed by atoms with Crippen molar-refractivity contribution in [2.45, 2.75) is 117 Å². The van der Waals surface area contributed by atoms with Gasteiger partial charge in [-0.1, -0.05) is 50.2 Å². The third kappa shape index (κ3) is 12.8. The number of allylic oxidation sites excluding steroid dienone is 1. The van der Waals surface area contributed by atoms with Gasteiger partial charge in [-0.05, 0) is 89.8 Å². The van der Waals surface area contributed by atoms with E-state index in [1.54, 1.807) is 24.3 Å². The van der Waals surface area contributed by atoms with Gasteiger partial charge in [-0.3, -0.25) is 0 Å². The van der Waals surface area contributed by atoms with Gasteiger partial charge in [-0.15, -0.1) is 0 Å². The molecule has 2 aliphatic carbocycles. The van der Waals surface area contributed by atoms with E-state index in [2.05, 4.69) is 24.5 Å². The topological polar surface area (TPSA) is 53.5 Å². The molecule has 5 heteroatoms. The van der Waals surface area contributed by atoms with Gasteiger partial charge in [-0.25, -0.2) is 4.39 Å². The number of aryl methyl sites for hydroxylation is 1. The van der Waals surface area contributed by atoms with E-state index in [1.165, 1.54) is 89.7 Å². The fourth-order valence-corrected chi connectivity index (χ4v) is 4.78. The normalized spacial score (nSPS) is 15.7. The van der Waals surface area contributed by atoms with Crippen LogP contribution in [0.2, 0.25) is 0 Å². The highest BCUT2D eigenvalue weighted by Gasteiger charge is 2.18. The van der Waals surface area contributed by atoms with Gasteiger partial charge in [0.2, 0.25) is 0 Å². The van der Waals surface area contributed by atoms with Crippen molar-refractivity contribution in [2.24, 2.45) is 0 Å². The van der Waals surface area contributed by atoms with E-state index < -0.39 is 0 Å². The van der Waals surface area contributed by atoms with Crippen molar-refractivity contribution in [3.63, 3.8) is 0 Å². The molecule has 4 nitrogen and oxygen atoms in total. The van der Waals surface area contributed by atoms with Crippen molar-refractivity contribution in [1.29, 1.82) is 0 Å². The number of rotatable bonds is 12. The molecule has 2 aliphatic rings. The van der Waals surface area contributed by atoms with Crippen LogP contribution in [0.5, 0.6) is 5.75 Å². The van der Waals surface area contributed by atoms with Gasteiger partial charge in [0, 0.05) is 26.8 Å². The summed E-state index contributed by atoms with van der Waals surface area (Å²) in [6, 6.07) is 3.28. The number of ether oxygens (including phenoxy) is 1. The predicted octanol–water partition coefficient (Wildman–Crippen LogP) is 7.93. The second-order valence-electron chi connectivity index (χ2n) is 9.91. The van der Waals surface area contributed by atoms with Crippen LogP contribution in [0, 0.1) is 12.7 Å². The standard InChI is InChI=1S/C16H31N.C13H18FNO.CH4O/c1-3-4-5-6-7-10-13-17-14-16-12-9-8-11-15(16)2;1-9-7-11(14)12(15-2)8-13(9)16-10-5-3-4-6-10;1-2/h17H,3-14H2,1-2H3;7-8,10,15H,3-6H2,1-2H3;2H,1H3. The van der Waals surface area contributed by atoms with Gasteiger partial charge in [0.05, 0.1) is 11.8 Å². The zero-order chi connectivity index (χ0) is 25.9. The Morgan fingerprint density at radius 1 is 0.943 bits per heavy atom. The lowest BCUT2D eigenvalue weighted by Crippen LogP contribution is -2.20. The fraction of sp³-hybridized carbons (Fsp3) is 0.733. The summed E-state index contributed by atoms with van der Waals surface area (Å²) in [5.41, 5.74) is 4.72. The minimum Gasteiger partial charge on any atom is -0.490 e. The highest BCUT2D eigenvalue weighted by Crippen LogP contribution is 2.30. The summed E-state index contributed by atoms with van der Waals surface area (Å²) in [7, 11) is 2.72. The van der Waals surface area contributed by atoms with Crippen LogP contribution in [0.4, 0.5) is 10.1 Å². The van der Waals surface area contributed by atoms with Crippen LogP contribution in [-0.4, -0.2) is 38.5 Å². The molecule has 0 aromatic heterocycles. The first kappa shape index (κ1) is 31.4. The number of unbranched alkanes of at least 4 members (excludes halogenated alkanes) is 5. The van der Waals surface area contributed by atoms with E-state index in [0.29, 0.717) is 11.8 Å². The number of aliphatic hydroxyl groups is 1. The molecule has 35 heavy (non-hydrogen) atoms. The Balaban J connectivity index is 0.000000327. The Labute approximate surface area is 215 Å². The molecule has 3 N–H and O–H groups in total. The minimum absolute atomic E-state index is 0.223. The molecule has 0 bridgehead atoms. The molecule has 0 spiro atoms. The number of halogens is 1. The number of aliphatic hydroxyl groups excluding tert-OH is 1. The van der Waals surface area contributed by atoms with Crippen molar-refractivity contribution in [3.05, 3.63) is 34.7 Å². The molecule has 0 radical (unpaired) electrons. The third-order valence-electron chi connectivity index (χ3n) is 7.06. The average molecular weight is 493 g/mol. The number of benzene rings is 1.